The summed E-state index contributed by atoms with van der Waals surface area (Å²) < 4.78 is 0. The number of nitrogen functional groups attached to an aromatic ring is 1. The molecule has 2 unspecified atom stereocenters. The Labute approximate surface area is 116 Å². The van der Waals surface area contributed by atoms with Crippen molar-refractivity contribution in [1.82, 2.24) is 9.97 Å². The van der Waals surface area contributed by atoms with E-state index in [1.807, 2.05) is 18.2 Å². The number of H-pyrrole nitrogens is 1. The van der Waals surface area contributed by atoms with E-state index in [0.717, 1.165) is 41.1 Å². The van der Waals surface area contributed by atoms with E-state index >= 15 is 0 Å². The first-order chi connectivity index (χ1) is 9.22. The number of nitrogens with two attached hydrogens (primary N) is 1. The standard InChI is InChI=1S/C14H19N3OS/c15-9-6-7-10-11(8-9)17-14(16-10)19-13-5-3-1-2-4-12(13)18/h6-8,12-13,18H,1-5,15H2,(H,16,17). The van der Waals surface area contributed by atoms with Crippen molar-refractivity contribution in [1.29, 1.82) is 0 Å². The Morgan fingerprint density at radius 2 is 2.11 bits per heavy atom. The van der Waals surface area contributed by atoms with Crippen molar-refractivity contribution in [3.8, 4) is 0 Å². The summed E-state index contributed by atoms with van der Waals surface area (Å²) in [5.41, 5.74) is 8.40. The molecular formula is C14H19N3OS. The summed E-state index contributed by atoms with van der Waals surface area (Å²) in [4.78, 5) is 7.84. The van der Waals surface area contributed by atoms with Gasteiger partial charge in [-0.3, -0.25) is 0 Å². The van der Waals surface area contributed by atoms with Crippen LogP contribution in [0.15, 0.2) is 23.4 Å². The first-order valence-corrected chi connectivity index (χ1v) is 7.70. The number of aromatic amines is 1. The van der Waals surface area contributed by atoms with Crippen LogP contribution < -0.4 is 5.73 Å². The molecule has 1 fully saturated rings. The quantitative estimate of drug-likeness (QED) is 0.583. The smallest absolute Gasteiger partial charge is 0.166 e. The predicted molar refractivity (Wildman–Crippen MR) is 79.2 cm³/mol. The first kappa shape index (κ1) is 12.8. The second kappa shape index (κ2) is 5.43. The van der Waals surface area contributed by atoms with Crippen molar-refractivity contribution in [3.63, 3.8) is 0 Å². The summed E-state index contributed by atoms with van der Waals surface area (Å²) >= 11 is 1.66. The second-order valence-corrected chi connectivity index (χ2v) is 6.41. The Hall–Kier alpha value is -1.20. The molecule has 19 heavy (non-hydrogen) atoms. The van der Waals surface area contributed by atoms with Crippen molar-refractivity contribution in [2.24, 2.45) is 0 Å². The molecule has 0 amide bonds. The molecule has 4 N–H and O–H groups in total. The van der Waals surface area contributed by atoms with Crippen LogP contribution >= 0.6 is 11.8 Å². The third-order valence-corrected chi connectivity index (χ3v) is 4.93. The van der Waals surface area contributed by atoms with E-state index in [1.54, 1.807) is 11.8 Å². The minimum atomic E-state index is -0.217. The fourth-order valence-corrected chi connectivity index (χ4v) is 3.78. The molecule has 1 aliphatic carbocycles. The Morgan fingerprint density at radius 3 is 3.00 bits per heavy atom. The highest BCUT2D eigenvalue weighted by molar-refractivity contribution is 7.99. The molecule has 1 aliphatic rings. The SMILES string of the molecule is Nc1ccc2nc(SC3CCCCCC3O)[nH]c2c1. The monoisotopic (exact) mass is 277 g/mol. The van der Waals surface area contributed by atoms with Gasteiger partial charge in [0.15, 0.2) is 5.16 Å². The molecule has 1 heterocycles. The highest BCUT2D eigenvalue weighted by Gasteiger charge is 2.23. The van der Waals surface area contributed by atoms with Gasteiger partial charge in [0.25, 0.3) is 0 Å². The highest BCUT2D eigenvalue weighted by atomic mass is 32.2. The van der Waals surface area contributed by atoms with Crippen LogP contribution in [-0.2, 0) is 0 Å². The van der Waals surface area contributed by atoms with Gasteiger partial charge in [-0.1, -0.05) is 31.0 Å². The normalized spacial score (nSPS) is 24.5. The van der Waals surface area contributed by atoms with Gasteiger partial charge >= 0.3 is 0 Å². The van der Waals surface area contributed by atoms with Crippen molar-refractivity contribution in [3.05, 3.63) is 18.2 Å². The zero-order chi connectivity index (χ0) is 13.2. The lowest BCUT2D eigenvalue weighted by Crippen LogP contribution is -2.21. The molecule has 4 nitrogen and oxygen atoms in total. The maximum Gasteiger partial charge on any atom is 0.166 e. The number of nitrogens with zero attached hydrogens (tertiary/aromatic N) is 1. The Bertz CT molecular complexity index is 569. The minimum absolute atomic E-state index is 0.217. The molecule has 5 heteroatoms. The zero-order valence-corrected chi connectivity index (χ0v) is 11.6. The van der Waals surface area contributed by atoms with E-state index in [-0.39, 0.29) is 11.4 Å². The molecule has 0 aliphatic heterocycles. The molecule has 1 saturated carbocycles. The number of aromatic nitrogens is 2. The van der Waals surface area contributed by atoms with Crippen LogP contribution in [0.1, 0.15) is 32.1 Å². The van der Waals surface area contributed by atoms with Crippen LogP contribution in [0.5, 0.6) is 0 Å². The molecule has 1 aromatic carbocycles. The maximum atomic E-state index is 10.1. The van der Waals surface area contributed by atoms with Gasteiger partial charge in [0.2, 0.25) is 0 Å². The van der Waals surface area contributed by atoms with Gasteiger partial charge in [0.1, 0.15) is 0 Å². The lowest BCUT2D eigenvalue weighted by atomic mass is 10.1. The molecular weight excluding hydrogens is 258 g/mol. The first-order valence-electron chi connectivity index (χ1n) is 6.82. The molecule has 1 aromatic heterocycles. The van der Waals surface area contributed by atoms with Crippen molar-refractivity contribution >= 4 is 28.5 Å². The average molecular weight is 277 g/mol. The maximum absolute atomic E-state index is 10.1. The van der Waals surface area contributed by atoms with Gasteiger partial charge in [-0.25, -0.2) is 4.98 Å². The third kappa shape index (κ3) is 2.87. The van der Waals surface area contributed by atoms with Crippen LogP contribution in [0.25, 0.3) is 11.0 Å². The number of hydrogen-bond acceptors (Lipinski definition) is 4. The highest BCUT2D eigenvalue weighted by Crippen LogP contribution is 2.32. The molecule has 0 spiro atoms. The largest absolute Gasteiger partial charge is 0.399 e. The van der Waals surface area contributed by atoms with Gasteiger partial charge < -0.3 is 15.8 Å². The fourth-order valence-electron chi connectivity index (χ4n) is 2.59. The third-order valence-electron chi connectivity index (χ3n) is 3.66. The number of aliphatic hydroxyl groups is 1. The van der Waals surface area contributed by atoms with Crippen LogP contribution in [0.4, 0.5) is 5.69 Å². The molecule has 2 aromatic rings. The molecule has 102 valence electrons. The molecule has 0 radical (unpaired) electrons. The van der Waals surface area contributed by atoms with E-state index in [0.29, 0.717) is 0 Å². The summed E-state index contributed by atoms with van der Waals surface area (Å²) in [5.74, 6) is 0. The van der Waals surface area contributed by atoms with E-state index in [1.165, 1.54) is 12.8 Å². The summed E-state index contributed by atoms with van der Waals surface area (Å²) in [7, 11) is 0. The number of aliphatic hydroxyl groups excluding tert-OH is 1. The lowest BCUT2D eigenvalue weighted by Gasteiger charge is -2.17. The lowest BCUT2D eigenvalue weighted by molar-refractivity contribution is 0.163. The van der Waals surface area contributed by atoms with E-state index < -0.39 is 0 Å². The molecule has 0 saturated heterocycles. The Kier molecular flexibility index (Phi) is 3.66. The van der Waals surface area contributed by atoms with Crippen LogP contribution in [0.3, 0.4) is 0 Å². The molecule has 3 rings (SSSR count). The van der Waals surface area contributed by atoms with Crippen LogP contribution in [-0.4, -0.2) is 26.4 Å². The average Bonchev–Trinajstić information content (AvgIpc) is 2.66. The molecule has 0 bridgehead atoms. The van der Waals surface area contributed by atoms with Crippen molar-refractivity contribution in [2.75, 3.05) is 5.73 Å². The predicted octanol–water partition coefficient (Wildman–Crippen LogP) is 2.93. The minimum Gasteiger partial charge on any atom is -0.399 e. The van der Waals surface area contributed by atoms with E-state index in [4.69, 9.17) is 5.73 Å². The van der Waals surface area contributed by atoms with Gasteiger partial charge in [-0.15, -0.1) is 0 Å². The number of thioether (sulfide) groups is 1. The summed E-state index contributed by atoms with van der Waals surface area (Å²) in [6.07, 6.45) is 5.31. The Morgan fingerprint density at radius 1 is 1.26 bits per heavy atom. The van der Waals surface area contributed by atoms with Gasteiger partial charge in [-0.2, -0.15) is 0 Å². The van der Waals surface area contributed by atoms with Crippen molar-refractivity contribution < 1.29 is 5.11 Å². The summed E-state index contributed by atoms with van der Waals surface area (Å²) in [6, 6.07) is 5.68. The Balaban J connectivity index is 1.80. The fraction of sp³-hybridized carbons (Fsp3) is 0.500. The number of fused-ring (bicyclic) bond motifs is 1. The van der Waals surface area contributed by atoms with Gasteiger partial charge in [0, 0.05) is 10.9 Å². The number of nitrogens with one attached hydrogen (secondary N) is 1. The van der Waals surface area contributed by atoms with E-state index in [2.05, 4.69) is 9.97 Å². The molecule has 2 atom stereocenters. The van der Waals surface area contributed by atoms with Crippen LogP contribution in [0.2, 0.25) is 0 Å². The second-order valence-electron chi connectivity index (χ2n) is 5.18. The zero-order valence-electron chi connectivity index (χ0n) is 10.8. The van der Waals surface area contributed by atoms with E-state index in [9.17, 15) is 5.11 Å². The van der Waals surface area contributed by atoms with Gasteiger partial charge in [-0.05, 0) is 31.0 Å². The number of hydrogen-bond donors (Lipinski definition) is 3. The number of rotatable bonds is 2. The topological polar surface area (TPSA) is 74.9 Å². The summed E-state index contributed by atoms with van der Waals surface area (Å²) in [5, 5.41) is 11.3. The van der Waals surface area contributed by atoms with Crippen molar-refractivity contribution in [2.45, 2.75) is 48.6 Å². The number of imidazole rings is 1. The number of benzene rings is 1. The van der Waals surface area contributed by atoms with Gasteiger partial charge in [0.05, 0.1) is 17.1 Å². The van der Waals surface area contributed by atoms with Crippen LogP contribution in [0, 0.1) is 0 Å². The summed E-state index contributed by atoms with van der Waals surface area (Å²) in [6.45, 7) is 0. The number of anilines is 1.